The smallest absolute Gasteiger partial charge is 0.190 e. The molecule has 2 atom stereocenters. The Morgan fingerprint density at radius 3 is 2.57 bits per heavy atom. The molecule has 0 aromatic heterocycles. The topological polar surface area (TPSA) is 43.3 Å². The summed E-state index contributed by atoms with van der Waals surface area (Å²) in [5.41, 5.74) is 3.34. The number of benzene rings is 2. The van der Waals surface area contributed by atoms with Crippen molar-refractivity contribution in [2.45, 2.75) is 50.8 Å². The molecule has 0 radical (unpaired) electrons. The van der Waals surface area contributed by atoms with Crippen molar-refractivity contribution in [1.29, 1.82) is 0 Å². The summed E-state index contributed by atoms with van der Waals surface area (Å²) in [6.45, 7) is 0. The van der Waals surface area contributed by atoms with Gasteiger partial charge in [0.1, 0.15) is 5.75 Å². The van der Waals surface area contributed by atoms with Crippen LogP contribution < -0.4 is 14.2 Å². The number of halogens is 1. The molecule has 2 aromatic carbocycles. The molecule has 0 spiro atoms. The van der Waals surface area contributed by atoms with Crippen LogP contribution in [0, 0.1) is 5.92 Å². The minimum absolute atomic E-state index is 0.00150. The van der Waals surface area contributed by atoms with Crippen LogP contribution in [0.4, 0.5) is 0 Å². The SMILES string of the molecule is COc1ccc(C2=NN3C(C2)c2cc(Br)ccc2OC3C2CCCCC2)cc1OC. The van der Waals surface area contributed by atoms with E-state index in [1.807, 2.05) is 12.1 Å². The molecule has 0 bridgehead atoms. The lowest BCUT2D eigenvalue weighted by Crippen LogP contribution is -2.45. The Morgan fingerprint density at radius 2 is 1.80 bits per heavy atom. The maximum absolute atomic E-state index is 6.56. The van der Waals surface area contributed by atoms with E-state index in [2.05, 4.69) is 45.2 Å². The van der Waals surface area contributed by atoms with Crippen LogP contribution in [0.5, 0.6) is 17.2 Å². The van der Waals surface area contributed by atoms with E-state index in [-0.39, 0.29) is 12.3 Å². The Hall–Kier alpha value is -2.21. The minimum Gasteiger partial charge on any atom is -0.493 e. The molecule has 158 valence electrons. The molecule has 3 aliphatic rings. The third-order valence-electron chi connectivity index (χ3n) is 6.55. The highest BCUT2D eigenvalue weighted by Gasteiger charge is 2.43. The van der Waals surface area contributed by atoms with E-state index in [0.717, 1.165) is 39.4 Å². The quantitative estimate of drug-likeness (QED) is 0.556. The monoisotopic (exact) mass is 470 g/mol. The van der Waals surface area contributed by atoms with Crippen molar-refractivity contribution < 1.29 is 14.2 Å². The first kappa shape index (κ1) is 19.7. The van der Waals surface area contributed by atoms with Crippen molar-refractivity contribution in [2.24, 2.45) is 11.0 Å². The highest BCUT2D eigenvalue weighted by Crippen LogP contribution is 2.47. The summed E-state index contributed by atoms with van der Waals surface area (Å²) in [4.78, 5) is 0. The summed E-state index contributed by atoms with van der Waals surface area (Å²) in [7, 11) is 3.33. The lowest BCUT2D eigenvalue weighted by molar-refractivity contribution is -0.0644. The first-order valence-corrected chi connectivity index (χ1v) is 11.5. The Kier molecular flexibility index (Phi) is 5.35. The molecule has 5 nitrogen and oxygen atoms in total. The maximum atomic E-state index is 6.56. The summed E-state index contributed by atoms with van der Waals surface area (Å²) in [5.74, 6) is 2.98. The summed E-state index contributed by atoms with van der Waals surface area (Å²) in [6.07, 6.45) is 7.16. The molecule has 6 heteroatoms. The van der Waals surface area contributed by atoms with Crippen LogP contribution in [0.2, 0.25) is 0 Å². The first-order chi connectivity index (χ1) is 14.7. The van der Waals surface area contributed by atoms with Gasteiger partial charge in [-0.05, 0) is 49.2 Å². The summed E-state index contributed by atoms with van der Waals surface area (Å²) >= 11 is 3.63. The molecule has 0 saturated heterocycles. The van der Waals surface area contributed by atoms with Crippen LogP contribution in [0.1, 0.15) is 55.7 Å². The molecule has 1 fully saturated rings. The Morgan fingerprint density at radius 1 is 1.00 bits per heavy atom. The molecule has 30 heavy (non-hydrogen) atoms. The molecule has 2 aromatic rings. The number of rotatable bonds is 4. The standard InChI is InChI=1S/C24H27BrN2O3/c1-28-22-10-8-16(12-23(22)29-2)19-14-20-18-13-17(25)9-11-21(18)30-24(27(20)26-19)15-6-4-3-5-7-15/h8-13,15,20,24H,3-7,14H2,1-2H3. The normalized spacial score (nSPS) is 23.3. The van der Waals surface area contributed by atoms with E-state index in [0.29, 0.717) is 5.92 Å². The average molecular weight is 471 g/mol. The van der Waals surface area contributed by atoms with E-state index in [4.69, 9.17) is 19.3 Å². The van der Waals surface area contributed by atoms with Gasteiger partial charge in [0.05, 0.1) is 26.0 Å². The number of fused-ring (bicyclic) bond motifs is 3. The fourth-order valence-electron chi connectivity index (χ4n) is 5.01. The first-order valence-electron chi connectivity index (χ1n) is 10.7. The van der Waals surface area contributed by atoms with Gasteiger partial charge in [0.25, 0.3) is 0 Å². The Bertz CT molecular complexity index is 971. The average Bonchev–Trinajstić information content (AvgIpc) is 3.24. The number of hydrogen-bond donors (Lipinski definition) is 0. The van der Waals surface area contributed by atoms with Crippen LogP contribution in [0.3, 0.4) is 0 Å². The number of methoxy groups -OCH3 is 2. The third kappa shape index (κ3) is 3.45. The predicted octanol–water partition coefficient (Wildman–Crippen LogP) is 5.92. The highest BCUT2D eigenvalue weighted by molar-refractivity contribution is 9.10. The van der Waals surface area contributed by atoms with Crippen molar-refractivity contribution >= 4 is 21.6 Å². The summed E-state index contributed by atoms with van der Waals surface area (Å²) in [5, 5.41) is 7.34. The van der Waals surface area contributed by atoms with Gasteiger partial charge in [0, 0.05) is 27.9 Å². The van der Waals surface area contributed by atoms with Crippen molar-refractivity contribution in [3.8, 4) is 17.2 Å². The second-order valence-corrected chi connectivity index (χ2v) is 9.22. The fourth-order valence-corrected chi connectivity index (χ4v) is 5.39. The molecule has 2 heterocycles. The van der Waals surface area contributed by atoms with Gasteiger partial charge in [-0.15, -0.1) is 0 Å². The van der Waals surface area contributed by atoms with Gasteiger partial charge < -0.3 is 14.2 Å². The molecule has 5 rings (SSSR count). The van der Waals surface area contributed by atoms with Gasteiger partial charge in [-0.2, -0.15) is 5.10 Å². The van der Waals surface area contributed by atoms with E-state index >= 15 is 0 Å². The molecular formula is C24H27BrN2O3. The van der Waals surface area contributed by atoms with Crippen LogP contribution in [0.25, 0.3) is 0 Å². The predicted molar refractivity (Wildman–Crippen MR) is 120 cm³/mol. The van der Waals surface area contributed by atoms with E-state index in [1.165, 1.54) is 37.7 Å². The van der Waals surface area contributed by atoms with Crippen LogP contribution in [-0.4, -0.2) is 31.2 Å². The zero-order chi connectivity index (χ0) is 20.7. The minimum atomic E-state index is 0.00150. The van der Waals surface area contributed by atoms with Crippen LogP contribution >= 0.6 is 15.9 Å². The van der Waals surface area contributed by atoms with Gasteiger partial charge in [0.2, 0.25) is 0 Å². The fraction of sp³-hybridized carbons (Fsp3) is 0.458. The number of hydrazone groups is 1. The van der Waals surface area contributed by atoms with Crippen LogP contribution in [0.15, 0.2) is 46.0 Å². The molecule has 2 unspecified atom stereocenters. The molecule has 0 N–H and O–H groups in total. The summed E-state index contributed by atoms with van der Waals surface area (Å²) < 4.78 is 18.6. The number of nitrogens with zero attached hydrogens (tertiary/aromatic N) is 2. The number of ether oxygens (including phenoxy) is 3. The van der Waals surface area contributed by atoms with Gasteiger partial charge >= 0.3 is 0 Å². The van der Waals surface area contributed by atoms with Crippen molar-refractivity contribution in [3.63, 3.8) is 0 Å². The lowest BCUT2D eigenvalue weighted by atomic mass is 9.86. The third-order valence-corrected chi connectivity index (χ3v) is 7.04. The second-order valence-electron chi connectivity index (χ2n) is 8.31. The van der Waals surface area contributed by atoms with Gasteiger partial charge in [-0.3, -0.25) is 0 Å². The molecular weight excluding hydrogens is 444 g/mol. The maximum Gasteiger partial charge on any atom is 0.190 e. The second kappa shape index (κ2) is 8.14. The lowest BCUT2D eigenvalue weighted by Gasteiger charge is -2.42. The van der Waals surface area contributed by atoms with Gasteiger partial charge in [-0.1, -0.05) is 35.2 Å². The zero-order valence-electron chi connectivity index (χ0n) is 17.4. The highest BCUT2D eigenvalue weighted by atomic mass is 79.9. The summed E-state index contributed by atoms with van der Waals surface area (Å²) in [6, 6.07) is 12.6. The molecule has 1 aliphatic carbocycles. The molecule has 2 aliphatic heterocycles. The van der Waals surface area contributed by atoms with E-state index in [9.17, 15) is 0 Å². The van der Waals surface area contributed by atoms with Crippen molar-refractivity contribution in [3.05, 3.63) is 52.0 Å². The van der Waals surface area contributed by atoms with Gasteiger partial charge in [0.15, 0.2) is 17.7 Å². The Labute approximate surface area is 186 Å². The Balaban J connectivity index is 1.53. The van der Waals surface area contributed by atoms with E-state index < -0.39 is 0 Å². The zero-order valence-corrected chi connectivity index (χ0v) is 19.0. The van der Waals surface area contributed by atoms with Gasteiger partial charge in [-0.25, -0.2) is 5.01 Å². The van der Waals surface area contributed by atoms with Crippen molar-refractivity contribution in [1.82, 2.24) is 5.01 Å². The molecule has 0 amide bonds. The van der Waals surface area contributed by atoms with Crippen LogP contribution in [-0.2, 0) is 0 Å². The molecule has 1 saturated carbocycles. The number of hydrogen-bond acceptors (Lipinski definition) is 5. The van der Waals surface area contributed by atoms with E-state index in [1.54, 1.807) is 14.2 Å². The van der Waals surface area contributed by atoms with Crippen molar-refractivity contribution in [2.75, 3.05) is 14.2 Å². The largest absolute Gasteiger partial charge is 0.493 e.